The summed E-state index contributed by atoms with van der Waals surface area (Å²) in [7, 11) is 0. The molecule has 1 fully saturated rings. The number of fused-ring (bicyclic) bond motifs is 1. The smallest absolute Gasteiger partial charge is 0.416 e. The molecule has 0 saturated carbocycles. The molecule has 2 aromatic carbocycles. The Morgan fingerprint density at radius 3 is 2.56 bits per heavy atom. The van der Waals surface area contributed by atoms with Gasteiger partial charge in [0.25, 0.3) is 5.91 Å². The third-order valence-electron chi connectivity index (χ3n) is 5.80. The highest BCUT2D eigenvalue weighted by Gasteiger charge is 2.32. The normalized spacial score (nSPS) is 15.1. The van der Waals surface area contributed by atoms with Crippen LogP contribution in [-0.2, 0) is 12.7 Å². The van der Waals surface area contributed by atoms with Gasteiger partial charge in [0.05, 0.1) is 22.6 Å². The Morgan fingerprint density at radius 1 is 1.06 bits per heavy atom. The predicted molar refractivity (Wildman–Crippen MR) is 120 cm³/mol. The highest BCUT2D eigenvalue weighted by Crippen LogP contribution is 2.36. The lowest BCUT2D eigenvalue weighted by atomic mass is 10.1. The van der Waals surface area contributed by atoms with Crippen molar-refractivity contribution < 1.29 is 26.8 Å². The molecular weight excluding hydrogens is 449 g/mol. The van der Waals surface area contributed by atoms with E-state index < -0.39 is 17.6 Å². The number of amides is 1. The van der Waals surface area contributed by atoms with Crippen LogP contribution in [0, 0.1) is 0 Å². The van der Waals surface area contributed by atoms with Gasteiger partial charge in [-0.1, -0.05) is 18.2 Å². The Labute approximate surface area is 192 Å². The van der Waals surface area contributed by atoms with E-state index in [0.717, 1.165) is 23.2 Å². The molecule has 5 rings (SSSR count). The molecule has 0 unspecified atom stereocenters. The second kappa shape index (κ2) is 8.86. The van der Waals surface area contributed by atoms with Crippen molar-refractivity contribution in [2.45, 2.75) is 12.7 Å². The van der Waals surface area contributed by atoms with Crippen molar-refractivity contribution in [3.63, 3.8) is 0 Å². The first kappa shape index (κ1) is 22.0. The molecule has 1 amide bonds. The molecule has 0 spiro atoms. The average molecular weight is 470 g/mol. The second-order valence-electron chi connectivity index (χ2n) is 8.08. The van der Waals surface area contributed by atoms with E-state index in [1.54, 1.807) is 30.5 Å². The molecule has 1 N–H and O–H groups in total. The van der Waals surface area contributed by atoms with Crippen molar-refractivity contribution in [2.24, 2.45) is 0 Å². The number of oxazole rings is 1. The molecule has 3 heterocycles. The van der Waals surface area contributed by atoms with Gasteiger partial charge in [0.15, 0.2) is 12.2 Å². The summed E-state index contributed by atoms with van der Waals surface area (Å²) in [6.07, 6.45) is -1.56. The van der Waals surface area contributed by atoms with E-state index in [4.69, 9.17) is 8.83 Å². The van der Waals surface area contributed by atoms with Crippen LogP contribution in [-0.4, -0.2) is 42.0 Å². The maximum absolute atomic E-state index is 13.4. The second-order valence-corrected chi connectivity index (χ2v) is 8.08. The van der Waals surface area contributed by atoms with E-state index >= 15 is 0 Å². The number of alkyl halides is 3. The van der Waals surface area contributed by atoms with E-state index in [0.29, 0.717) is 44.0 Å². The fourth-order valence-electron chi connectivity index (χ4n) is 4.06. The van der Waals surface area contributed by atoms with Gasteiger partial charge in [-0.3, -0.25) is 9.69 Å². The number of aromatic nitrogens is 1. The van der Waals surface area contributed by atoms with Crippen molar-refractivity contribution >= 4 is 28.3 Å². The lowest BCUT2D eigenvalue weighted by Gasteiger charge is -2.36. The summed E-state index contributed by atoms with van der Waals surface area (Å²) >= 11 is 0. The number of nitrogens with zero attached hydrogens (tertiary/aromatic N) is 3. The number of nitrogens with one attached hydrogen (secondary N) is 1. The molecule has 1 aliphatic rings. The molecule has 0 atom stereocenters. The standard InChI is InChI=1S/C24H21F3N4O3/c25-24(26,27)17-5-6-20(31-9-7-30(8-10-31)13-18-14-33-15-28-18)19(12-17)29-23(32)22-11-16-3-1-2-4-21(16)34-22/h1-6,11-12,14-15H,7-10,13H2,(H,29,32). The molecule has 4 aromatic rings. The fraction of sp³-hybridized carbons (Fsp3) is 0.250. The van der Waals surface area contributed by atoms with Crippen LogP contribution in [0.4, 0.5) is 24.5 Å². The van der Waals surface area contributed by atoms with Crippen molar-refractivity contribution in [1.82, 2.24) is 9.88 Å². The Bertz CT molecular complexity index is 1260. The number of para-hydroxylation sites is 1. The molecule has 7 nitrogen and oxygen atoms in total. The van der Waals surface area contributed by atoms with Crippen molar-refractivity contribution in [1.29, 1.82) is 0 Å². The number of hydrogen-bond donors (Lipinski definition) is 1. The maximum Gasteiger partial charge on any atom is 0.416 e. The first-order chi connectivity index (χ1) is 16.4. The zero-order valence-electron chi connectivity index (χ0n) is 18.0. The Balaban J connectivity index is 1.37. The van der Waals surface area contributed by atoms with Gasteiger partial charge in [-0.05, 0) is 30.3 Å². The summed E-state index contributed by atoms with van der Waals surface area (Å²) in [6, 6.07) is 12.1. The minimum absolute atomic E-state index is 0.0296. The van der Waals surface area contributed by atoms with Crippen molar-refractivity contribution in [3.8, 4) is 0 Å². The third-order valence-corrected chi connectivity index (χ3v) is 5.80. The monoisotopic (exact) mass is 470 g/mol. The lowest BCUT2D eigenvalue weighted by Crippen LogP contribution is -2.46. The van der Waals surface area contributed by atoms with Crippen molar-refractivity contribution in [3.05, 3.63) is 78.2 Å². The Morgan fingerprint density at radius 2 is 1.85 bits per heavy atom. The fourth-order valence-corrected chi connectivity index (χ4v) is 4.06. The van der Waals surface area contributed by atoms with E-state index in [9.17, 15) is 18.0 Å². The topological polar surface area (TPSA) is 74.8 Å². The summed E-state index contributed by atoms with van der Waals surface area (Å²) in [5, 5.41) is 3.37. The van der Waals surface area contributed by atoms with Gasteiger partial charge in [-0.25, -0.2) is 4.98 Å². The lowest BCUT2D eigenvalue weighted by molar-refractivity contribution is -0.137. The number of carbonyl (C=O) groups is 1. The third kappa shape index (κ3) is 4.62. The number of carbonyl (C=O) groups excluding carboxylic acids is 1. The number of benzene rings is 2. The number of rotatable bonds is 5. The molecule has 0 bridgehead atoms. The van der Waals surface area contributed by atoms with Crippen LogP contribution in [0.2, 0.25) is 0 Å². The van der Waals surface area contributed by atoms with Crippen LogP contribution < -0.4 is 10.2 Å². The van der Waals surface area contributed by atoms with Gasteiger partial charge in [-0.2, -0.15) is 13.2 Å². The zero-order chi connectivity index (χ0) is 23.7. The van der Waals surface area contributed by atoms with Crippen LogP contribution in [0.25, 0.3) is 11.0 Å². The number of halogens is 3. The van der Waals surface area contributed by atoms with E-state index in [-0.39, 0.29) is 11.4 Å². The number of furan rings is 1. The summed E-state index contributed by atoms with van der Waals surface area (Å²) < 4.78 is 50.8. The highest BCUT2D eigenvalue weighted by atomic mass is 19.4. The minimum atomic E-state index is -4.53. The average Bonchev–Trinajstić information content (AvgIpc) is 3.49. The van der Waals surface area contributed by atoms with E-state index in [2.05, 4.69) is 15.2 Å². The molecule has 10 heteroatoms. The SMILES string of the molecule is O=C(Nc1cc(C(F)(F)F)ccc1N1CCN(Cc2cocn2)CC1)c1cc2ccccc2o1. The molecule has 1 aliphatic heterocycles. The van der Waals surface area contributed by atoms with Gasteiger partial charge < -0.3 is 19.1 Å². The molecule has 1 saturated heterocycles. The van der Waals surface area contributed by atoms with Crippen LogP contribution >= 0.6 is 0 Å². The van der Waals surface area contributed by atoms with E-state index in [1.165, 1.54) is 12.5 Å². The van der Waals surface area contributed by atoms with Crippen LogP contribution in [0.5, 0.6) is 0 Å². The molecule has 2 aromatic heterocycles. The Hall–Kier alpha value is -3.79. The molecular formula is C24H21F3N4O3. The summed E-state index contributed by atoms with van der Waals surface area (Å²) in [5.41, 5.74) is 1.13. The largest absolute Gasteiger partial charge is 0.451 e. The van der Waals surface area contributed by atoms with Gasteiger partial charge >= 0.3 is 6.18 Å². The Kier molecular flexibility index (Phi) is 5.74. The quantitative estimate of drug-likeness (QED) is 0.442. The first-order valence-corrected chi connectivity index (χ1v) is 10.7. The van der Waals surface area contributed by atoms with Crippen molar-refractivity contribution in [2.75, 3.05) is 36.4 Å². The molecule has 0 aliphatic carbocycles. The van der Waals surface area contributed by atoms with Crippen LogP contribution in [0.3, 0.4) is 0 Å². The molecule has 34 heavy (non-hydrogen) atoms. The first-order valence-electron chi connectivity index (χ1n) is 10.7. The number of hydrogen-bond acceptors (Lipinski definition) is 6. The van der Waals surface area contributed by atoms with Gasteiger partial charge in [0.1, 0.15) is 11.8 Å². The maximum atomic E-state index is 13.4. The van der Waals surface area contributed by atoms with Crippen LogP contribution in [0.1, 0.15) is 21.8 Å². The predicted octanol–water partition coefficient (Wildman–Crippen LogP) is 5.01. The van der Waals surface area contributed by atoms with Gasteiger partial charge in [-0.15, -0.1) is 0 Å². The number of anilines is 2. The molecule has 176 valence electrons. The molecule has 0 radical (unpaired) electrons. The number of piperazine rings is 1. The van der Waals surface area contributed by atoms with Gasteiger partial charge in [0, 0.05) is 38.1 Å². The summed E-state index contributed by atoms with van der Waals surface area (Å²) in [5.74, 6) is -0.580. The van der Waals surface area contributed by atoms with E-state index in [1.807, 2.05) is 11.0 Å². The zero-order valence-corrected chi connectivity index (χ0v) is 18.0. The van der Waals surface area contributed by atoms with Gasteiger partial charge in [0.2, 0.25) is 0 Å². The minimum Gasteiger partial charge on any atom is -0.451 e. The van der Waals surface area contributed by atoms with Crippen LogP contribution in [0.15, 0.2) is 70.0 Å². The summed E-state index contributed by atoms with van der Waals surface area (Å²) in [4.78, 5) is 21.2. The highest BCUT2D eigenvalue weighted by molar-refractivity contribution is 6.06. The summed E-state index contributed by atoms with van der Waals surface area (Å²) in [6.45, 7) is 3.16.